The van der Waals surface area contributed by atoms with E-state index in [-0.39, 0.29) is 23.4 Å². The molecule has 4 nitrogen and oxygen atoms in total. The zero-order valence-electron chi connectivity index (χ0n) is 17.6. The third-order valence-corrected chi connectivity index (χ3v) is 7.86. The van der Waals surface area contributed by atoms with Crippen molar-refractivity contribution in [3.05, 3.63) is 46.4 Å². The lowest BCUT2D eigenvalue weighted by atomic mass is 9.68. The predicted molar refractivity (Wildman–Crippen MR) is 124 cm³/mol. The summed E-state index contributed by atoms with van der Waals surface area (Å²) in [6, 6.07) is 8.52. The third-order valence-electron chi connectivity index (χ3n) is 6.96. The first-order valence-electron chi connectivity index (χ1n) is 11.3. The van der Waals surface area contributed by atoms with E-state index in [9.17, 15) is 0 Å². The van der Waals surface area contributed by atoms with Gasteiger partial charge in [0.25, 0.3) is 0 Å². The number of nitrogens with one attached hydrogen (secondary N) is 1. The number of halogens is 1. The van der Waals surface area contributed by atoms with Gasteiger partial charge in [-0.05, 0) is 75.1 Å². The molecule has 2 saturated carbocycles. The van der Waals surface area contributed by atoms with E-state index in [0.29, 0.717) is 6.10 Å². The fourth-order valence-corrected chi connectivity index (χ4v) is 6.03. The molecule has 5 rings (SSSR count). The van der Waals surface area contributed by atoms with Crippen LogP contribution in [0.3, 0.4) is 0 Å². The van der Waals surface area contributed by atoms with E-state index in [0.717, 1.165) is 44.7 Å². The highest BCUT2D eigenvalue weighted by atomic mass is 35.5. The van der Waals surface area contributed by atoms with E-state index in [1.54, 1.807) is 11.3 Å². The van der Waals surface area contributed by atoms with E-state index in [1.807, 2.05) is 12.3 Å². The summed E-state index contributed by atoms with van der Waals surface area (Å²) >= 11 is 1.80. The monoisotopic (exact) mass is 448 g/mol. The number of pyridine rings is 1. The van der Waals surface area contributed by atoms with Gasteiger partial charge in [-0.15, -0.1) is 23.7 Å². The summed E-state index contributed by atoms with van der Waals surface area (Å²) in [4.78, 5) is 6.13. The molecule has 6 heteroatoms. The Balaban J connectivity index is 0.00000218. The predicted octanol–water partition coefficient (Wildman–Crippen LogP) is 5.65. The molecule has 3 aliphatic rings. The van der Waals surface area contributed by atoms with Crippen LogP contribution in [0.25, 0.3) is 0 Å². The molecule has 1 spiro atoms. The molecule has 3 heterocycles. The summed E-state index contributed by atoms with van der Waals surface area (Å²) in [5.41, 5.74) is 1.47. The fourth-order valence-electron chi connectivity index (χ4n) is 5.25. The maximum absolute atomic E-state index is 6.36. The Morgan fingerprint density at radius 1 is 1.17 bits per heavy atom. The zero-order chi connectivity index (χ0) is 19.6. The quantitative estimate of drug-likeness (QED) is 0.530. The molecule has 1 aliphatic heterocycles. The van der Waals surface area contributed by atoms with Crippen LogP contribution < -0.4 is 10.1 Å². The van der Waals surface area contributed by atoms with E-state index >= 15 is 0 Å². The van der Waals surface area contributed by atoms with Crippen molar-refractivity contribution in [2.75, 3.05) is 13.2 Å². The highest BCUT2D eigenvalue weighted by Gasteiger charge is 2.48. The minimum absolute atomic E-state index is 0. The van der Waals surface area contributed by atoms with Gasteiger partial charge in [-0.1, -0.05) is 18.9 Å². The van der Waals surface area contributed by atoms with Crippen LogP contribution in [0, 0.1) is 0 Å². The number of hydrogen-bond acceptors (Lipinski definition) is 5. The van der Waals surface area contributed by atoms with Crippen LogP contribution in [-0.2, 0) is 16.7 Å². The van der Waals surface area contributed by atoms with Gasteiger partial charge in [0.05, 0.1) is 16.6 Å². The second-order valence-electron chi connectivity index (χ2n) is 9.11. The van der Waals surface area contributed by atoms with Crippen molar-refractivity contribution >= 4 is 23.7 Å². The summed E-state index contributed by atoms with van der Waals surface area (Å²) in [5, 5.41) is 5.85. The molecule has 1 N–H and O–H groups in total. The number of rotatable bonds is 8. The Morgan fingerprint density at radius 2 is 2.03 bits per heavy atom. The maximum Gasteiger partial charge on any atom is 0.134 e. The van der Waals surface area contributed by atoms with Crippen LogP contribution in [0.1, 0.15) is 68.4 Å². The van der Waals surface area contributed by atoms with Crippen LogP contribution in [0.5, 0.6) is 5.75 Å². The summed E-state index contributed by atoms with van der Waals surface area (Å²) in [6.07, 6.45) is 13.2. The van der Waals surface area contributed by atoms with Gasteiger partial charge in [-0.2, -0.15) is 0 Å². The lowest BCUT2D eigenvalue weighted by molar-refractivity contribution is -0.104. The van der Waals surface area contributed by atoms with Crippen LogP contribution in [-0.4, -0.2) is 29.8 Å². The smallest absolute Gasteiger partial charge is 0.134 e. The highest BCUT2D eigenvalue weighted by Crippen LogP contribution is 2.49. The van der Waals surface area contributed by atoms with Gasteiger partial charge in [0, 0.05) is 30.5 Å². The molecule has 1 atom stereocenters. The first kappa shape index (κ1) is 22.1. The molecular weight excluding hydrogens is 416 g/mol. The number of aromatic nitrogens is 1. The van der Waals surface area contributed by atoms with Gasteiger partial charge in [0.15, 0.2) is 0 Å². The average Bonchev–Trinajstić information content (AvgIpc) is 3.29. The molecule has 1 saturated heterocycles. The Labute approximate surface area is 190 Å². The Hall–Kier alpha value is -1.14. The van der Waals surface area contributed by atoms with Gasteiger partial charge < -0.3 is 14.8 Å². The van der Waals surface area contributed by atoms with Gasteiger partial charge in [-0.3, -0.25) is 4.98 Å². The topological polar surface area (TPSA) is 43.4 Å². The second-order valence-corrected chi connectivity index (χ2v) is 10.1. The van der Waals surface area contributed by atoms with Crippen LogP contribution >= 0.6 is 23.7 Å². The first-order valence-corrected chi connectivity index (χ1v) is 12.1. The lowest BCUT2D eigenvalue weighted by Gasteiger charge is -2.46. The minimum atomic E-state index is 0. The molecule has 0 amide bonds. The molecule has 2 aromatic heterocycles. The van der Waals surface area contributed by atoms with Crippen molar-refractivity contribution < 1.29 is 9.47 Å². The van der Waals surface area contributed by atoms with E-state index < -0.39 is 0 Å². The van der Waals surface area contributed by atoms with Gasteiger partial charge >= 0.3 is 0 Å². The lowest BCUT2D eigenvalue weighted by Crippen LogP contribution is -2.47. The van der Waals surface area contributed by atoms with Crippen LogP contribution in [0.4, 0.5) is 0 Å². The average molecular weight is 449 g/mol. The zero-order valence-corrected chi connectivity index (χ0v) is 19.2. The molecule has 2 aromatic rings. The Morgan fingerprint density at radius 3 is 2.80 bits per heavy atom. The largest absolute Gasteiger partial charge is 0.489 e. The van der Waals surface area contributed by atoms with Crippen molar-refractivity contribution in [1.29, 1.82) is 0 Å². The minimum Gasteiger partial charge on any atom is -0.489 e. The Kier molecular flexibility index (Phi) is 7.03. The number of thiophene rings is 1. The van der Waals surface area contributed by atoms with E-state index in [4.69, 9.17) is 14.5 Å². The highest BCUT2D eigenvalue weighted by molar-refractivity contribution is 7.10. The van der Waals surface area contributed by atoms with E-state index in [2.05, 4.69) is 28.9 Å². The fraction of sp³-hybridized carbons (Fsp3) is 0.625. The molecule has 0 bridgehead atoms. The first-order chi connectivity index (χ1) is 14.3. The molecule has 164 valence electrons. The number of nitrogens with zero attached hydrogens (tertiary/aromatic N) is 1. The molecule has 30 heavy (non-hydrogen) atoms. The van der Waals surface area contributed by atoms with Crippen LogP contribution in [0.2, 0.25) is 0 Å². The molecule has 0 radical (unpaired) electrons. The summed E-state index contributed by atoms with van der Waals surface area (Å²) in [6.45, 7) is 2.74. The van der Waals surface area contributed by atoms with Gasteiger partial charge in [0.2, 0.25) is 0 Å². The number of ether oxygens (including phenoxy) is 2. The van der Waals surface area contributed by atoms with Crippen molar-refractivity contribution in [2.45, 2.75) is 81.5 Å². The van der Waals surface area contributed by atoms with Gasteiger partial charge in [-0.25, -0.2) is 0 Å². The van der Waals surface area contributed by atoms with Gasteiger partial charge in [0.1, 0.15) is 5.75 Å². The summed E-state index contributed by atoms with van der Waals surface area (Å²) in [7, 11) is 0. The van der Waals surface area contributed by atoms with Crippen molar-refractivity contribution in [3.63, 3.8) is 0 Å². The molecule has 0 unspecified atom stereocenters. The van der Waals surface area contributed by atoms with Crippen molar-refractivity contribution in [2.24, 2.45) is 0 Å². The third kappa shape index (κ3) is 4.85. The normalized spacial score (nSPS) is 25.2. The molecular formula is C24H33ClN2O2S. The van der Waals surface area contributed by atoms with Crippen molar-refractivity contribution in [1.82, 2.24) is 10.3 Å². The summed E-state index contributed by atoms with van der Waals surface area (Å²) < 4.78 is 12.4. The molecule has 3 fully saturated rings. The standard InChI is InChI=1S/C24H32N2O2S.ClH/c1-4-13-26-22(5-1)23(12-15-27-24(18-23)9-2-3-10-24)11-14-25-17-21-20(8-16-29-21)28-19-6-7-19;/h1,4-5,8,13,16,19,25H,2-3,6-7,9-12,14-15,17-18H2;1H/t23-;/m1./s1. The second kappa shape index (κ2) is 9.56. The SMILES string of the molecule is Cl.c1ccc([C@]2(CCNCc3sccc3OC3CC3)CCOC3(CCCC3)C2)nc1. The number of hydrogen-bond donors (Lipinski definition) is 1. The summed E-state index contributed by atoms with van der Waals surface area (Å²) in [5.74, 6) is 1.08. The van der Waals surface area contributed by atoms with Crippen LogP contribution in [0.15, 0.2) is 35.8 Å². The molecule has 2 aliphatic carbocycles. The maximum atomic E-state index is 6.36. The van der Waals surface area contributed by atoms with E-state index in [1.165, 1.54) is 49.1 Å². The van der Waals surface area contributed by atoms with Crippen molar-refractivity contribution in [3.8, 4) is 5.75 Å². The molecule has 0 aromatic carbocycles. The Bertz CT molecular complexity index is 805.